The van der Waals surface area contributed by atoms with Gasteiger partial charge in [-0.2, -0.15) is 0 Å². The number of carbonyl (C=O) groups is 2. The van der Waals surface area contributed by atoms with Crippen LogP contribution >= 0.6 is 0 Å². The molecule has 0 radical (unpaired) electrons. The summed E-state index contributed by atoms with van der Waals surface area (Å²) in [4.78, 5) is 30.6. The zero-order valence-corrected chi connectivity index (χ0v) is 15.9. The lowest BCUT2D eigenvalue weighted by Gasteiger charge is -2.22. The molecule has 1 saturated carbocycles. The molecule has 2 amide bonds. The first-order valence-corrected chi connectivity index (χ1v) is 9.32. The van der Waals surface area contributed by atoms with Gasteiger partial charge in [-0.3, -0.25) is 9.59 Å². The van der Waals surface area contributed by atoms with E-state index in [4.69, 9.17) is 4.74 Å². The molecular formula is C20H23FN4O3. The molecule has 1 aliphatic heterocycles. The molecule has 0 unspecified atom stereocenters. The van der Waals surface area contributed by atoms with Crippen molar-refractivity contribution in [2.45, 2.75) is 32.4 Å². The third kappa shape index (κ3) is 3.58. The van der Waals surface area contributed by atoms with Gasteiger partial charge in [-0.1, -0.05) is 6.07 Å². The normalized spacial score (nSPS) is 22.7. The van der Waals surface area contributed by atoms with Crippen molar-refractivity contribution < 1.29 is 18.7 Å². The first kappa shape index (κ1) is 18.5. The third-order valence-electron chi connectivity index (χ3n) is 5.56. The summed E-state index contributed by atoms with van der Waals surface area (Å²) in [5.41, 5.74) is 0.454. The monoisotopic (exact) mass is 386 g/mol. The van der Waals surface area contributed by atoms with Crippen molar-refractivity contribution in [2.75, 3.05) is 19.7 Å². The summed E-state index contributed by atoms with van der Waals surface area (Å²) in [7, 11) is 0. The molecule has 1 aromatic heterocycles. The lowest BCUT2D eigenvalue weighted by Crippen LogP contribution is -2.45. The van der Waals surface area contributed by atoms with Gasteiger partial charge in [0.05, 0.1) is 5.54 Å². The van der Waals surface area contributed by atoms with Gasteiger partial charge in [0, 0.05) is 31.4 Å². The molecule has 7 nitrogen and oxygen atoms in total. The van der Waals surface area contributed by atoms with E-state index in [-0.39, 0.29) is 42.2 Å². The van der Waals surface area contributed by atoms with Gasteiger partial charge in [-0.15, -0.1) is 0 Å². The number of rotatable bonds is 6. The van der Waals surface area contributed by atoms with Crippen LogP contribution in [0, 0.1) is 25.6 Å². The Labute approximate surface area is 162 Å². The number of amides is 2. The SMILES string of the molecule is Cc1ccc(OCC(=O)N2C[C@H]3C[C@@]3(NC(=O)Cn3ccnc3C)C2)c(F)c1. The Bertz CT molecular complexity index is 928. The molecule has 1 N–H and O–H groups in total. The maximum atomic E-state index is 13.8. The number of likely N-dealkylation sites (tertiary alicyclic amines) is 1. The van der Waals surface area contributed by atoms with Gasteiger partial charge in [0.15, 0.2) is 18.2 Å². The van der Waals surface area contributed by atoms with E-state index in [1.807, 2.05) is 6.92 Å². The minimum absolute atomic E-state index is 0.0713. The summed E-state index contributed by atoms with van der Waals surface area (Å²) < 4.78 is 21.0. The number of carbonyl (C=O) groups excluding carboxylic acids is 2. The Balaban J connectivity index is 1.29. The summed E-state index contributed by atoms with van der Waals surface area (Å²) in [5.74, 6) is 0.351. The number of aryl methyl sites for hydroxylation is 2. The molecule has 4 rings (SSSR count). The maximum absolute atomic E-state index is 13.8. The third-order valence-corrected chi connectivity index (χ3v) is 5.56. The number of ether oxygens (including phenoxy) is 1. The number of nitrogens with one attached hydrogen (secondary N) is 1. The van der Waals surface area contributed by atoms with Crippen LogP contribution in [0.3, 0.4) is 0 Å². The molecule has 2 aliphatic rings. The number of piperidine rings is 1. The Hall–Kier alpha value is -2.90. The van der Waals surface area contributed by atoms with Crippen LogP contribution < -0.4 is 10.1 Å². The van der Waals surface area contributed by atoms with Crippen LogP contribution in [-0.4, -0.2) is 51.5 Å². The van der Waals surface area contributed by atoms with Gasteiger partial charge in [0.25, 0.3) is 5.91 Å². The predicted molar refractivity (Wildman–Crippen MR) is 99.2 cm³/mol. The molecule has 2 fully saturated rings. The smallest absolute Gasteiger partial charge is 0.260 e. The Morgan fingerprint density at radius 2 is 2.21 bits per heavy atom. The highest BCUT2D eigenvalue weighted by Gasteiger charge is 2.61. The molecule has 2 heterocycles. The second-order valence-electron chi connectivity index (χ2n) is 7.70. The molecule has 148 valence electrons. The van der Waals surface area contributed by atoms with Gasteiger partial charge in [0.1, 0.15) is 12.4 Å². The van der Waals surface area contributed by atoms with E-state index in [1.165, 1.54) is 12.1 Å². The largest absolute Gasteiger partial charge is 0.481 e. The first-order chi connectivity index (χ1) is 13.4. The van der Waals surface area contributed by atoms with Crippen molar-refractivity contribution in [3.63, 3.8) is 0 Å². The van der Waals surface area contributed by atoms with E-state index in [0.717, 1.165) is 17.8 Å². The summed E-state index contributed by atoms with van der Waals surface area (Å²) in [5, 5.41) is 3.09. The average molecular weight is 386 g/mol. The average Bonchev–Trinajstić information content (AvgIpc) is 2.94. The number of fused-ring (bicyclic) bond motifs is 1. The Kier molecular flexibility index (Phi) is 4.56. The lowest BCUT2D eigenvalue weighted by molar-refractivity contribution is -0.133. The van der Waals surface area contributed by atoms with E-state index in [2.05, 4.69) is 10.3 Å². The molecule has 28 heavy (non-hydrogen) atoms. The Morgan fingerprint density at radius 1 is 1.39 bits per heavy atom. The highest BCUT2D eigenvalue weighted by molar-refractivity contribution is 5.80. The highest BCUT2D eigenvalue weighted by Crippen LogP contribution is 2.49. The van der Waals surface area contributed by atoms with Crippen molar-refractivity contribution in [1.82, 2.24) is 19.8 Å². The fourth-order valence-corrected chi connectivity index (χ4v) is 3.86. The standard InChI is InChI=1S/C20H23FN4O3/c1-13-3-4-17(16(21)7-13)28-11-19(27)25-9-15-8-20(15,12-25)23-18(26)10-24-6-5-22-14(24)2/h3-7,15H,8-12H2,1-2H3,(H,23,26)/t15-,20-/m1/s1. The van der Waals surface area contributed by atoms with Crippen LogP contribution in [0.4, 0.5) is 4.39 Å². The molecule has 0 bridgehead atoms. The van der Waals surface area contributed by atoms with E-state index in [9.17, 15) is 14.0 Å². The zero-order chi connectivity index (χ0) is 19.9. The van der Waals surface area contributed by atoms with Crippen LogP contribution in [0.2, 0.25) is 0 Å². The second kappa shape index (κ2) is 6.92. The van der Waals surface area contributed by atoms with Crippen molar-refractivity contribution >= 4 is 11.8 Å². The fraction of sp³-hybridized carbons (Fsp3) is 0.450. The van der Waals surface area contributed by atoms with Crippen LogP contribution in [-0.2, 0) is 16.1 Å². The van der Waals surface area contributed by atoms with Crippen molar-refractivity contribution in [1.29, 1.82) is 0 Å². The topological polar surface area (TPSA) is 76.5 Å². The zero-order valence-electron chi connectivity index (χ0n) is 15.9. The minimum atomic E-state index is -0.476. The quantitative estimate of drug-likeness (QED) is 0.815. The van der Waals surface area contributed by atoms with Gasteiger partial charge in [-0.05, 0) is 38.0 Å². The lowest BCUT2D eigenvalue weighted by atomic mass is 10.2. The van der Waals surface area contributed by atoms with Crippen LogP contribution in [0.5, 0.6) is 5.75 Å². The first-order valence-electron chi connectivity index (χ1n) is 9.32. The molecular weight excluding hydrogens is 363 g/mol. The summed E-state index contributed by atoms with van der Waals surface area (Å²) >= 11 is 0. The molecule has 1 aromatic carbocycles. The summed E-state index contributed by atoms with van der Waals surface area (Å²) in [6.45, 7) is 4.68. The van der Waals surface area contributed by atoms with Gasteiger partial charge in [0.2, 0.25) is 5.91 Å². The van der Waals surface area contributed by atoms with Crippen molar-refractivity contribution in [3.05, 3.63) is 47.8 Å². The van der Waals surface area contributed by atoms with Gasteiger partial charge in [-0.25, -0.2) is 9.37 Å². The van der Waals surface area contributed by atoms with Gasteiger partial charge < -0.3 is 19.5 Å². The second-order valence-corrected chi connectivity index (χ2v) is 7.70. The highest BCUT2D eigenvalue weighted by atomic mass is 19.1. The van der Waals surface area contributed by atoms with Crippen molar-refractivity contribution in [2.24, 2.45) is 5.92 Å². The fourth-order valence-electron chi connectivity index (χ4n) is 3.86. The van der Waals surface area contributed by atoms with E-state index in [0.29, 0.717) is 13.1 Å². The van der Waals surface area contributed by atoms with E-state index in [1.54, 1.807) is 34.9 Å². The van der Waals surface area contributed by atoms with Gasteiger partial charge >= 0.3 is 0 Å². The molecule has 2 aromatic rings. The number of aromatic nitrogens is 2. The van der Waals surface area contributed by atoms with Crippen molar-refractivity contribution in [3.8, 4) is 5.75 Å². The van der Waals surface area contributed by atoms with E-state index < -0.39 is 5.82 Å². The molecule has 8 heteroatoms. The van der Waals surface area contributed by atoms with Crippen LogP contribution in [0.25, 0.3) is 0 Å². The summed E-state index contributed by atoms with van der Waals surface area (Å²) in [6.07, 6.45) is 4.30. The number of halogens is 1. The van der Waals surface area contributed by atoms with Crippen LogP contribution in [0.15, 0.2) is 30.6 Å². The van der Waals surface area contributed by atoms with E-state index >= 15 is 0 Å². The van der Waals surface area contributed by atoms with Crippen LogP contribution in [0.1, 0.15) is 17.8 Å². The molecule has 1 saturated heterocycles. The molecule has 2 atom stereocenters. The number of nitrogens with zero attached hydrogens (tertiary/aromatic N) is 3. The molecule has 1 aliphatic carbocycles. The Morgan fingerprint density at radius 3 is 2.93 bits per heavy atom. The number of hydrogen-bond donors (Lipinski definition) is 1. The minimum Gasteiger partial charge on any atom is -0.481 e. The number of benzene rings is 1. The predicted octanol–water partition coefficient (Wildman–Crippen LogP) is 1.44. The number of hydrogen-bond acceptors (Lipinski definition) is 4. The molecule has 0 spiro atoms. The number of imidazole rings is 1. The summed E-state index contributed by atoms with van der Waals surface area (Å²) in [6, 6.07) is 4.64. The maximum Gasteiger partial charge on any atom is 0.260 e.